The first-order valence-corrected chi connectivity index (χ1v) is 7.29. The predicted octanol–water partition coefficient (Wildman–Crippen LogP) is -2.51. The third-order valence-electron chi connectivity index (χ3n) is 2.94. The number of aliphatic imine (C=N–C) groups is 1. The summed E-state index contributed by atoms with van der Waals surface area (Å²) in [6.45, 7) is 0.497. The molecule has 12 nitrogen and oxygen atoms in total. The lowest BCUT2D eigenvalue weighted by molar-refractivity contribution is -0.143. The summed E-state index contributed by atoms with van der Waals surface area (Å²) >= 11 is 0. The normalized spacial score (nSPS) is 12.8. The molecule has 0 aromatic heterocycles. The van der Waals surface area contributed by atoms with Gasteiger partial charge in [0.15, 0.2) is 5.96 Å². The standard InChI is InChI=1S/C12H25N7O5/c13-11(14)16-5-1-3-7(9(20)21)18-19-8(10(22)23)4-2-6-17-12(15)24/h7-8,18-19H,1-6H2,(H,20,21)(H,22,23)(H4,13,14,16)(H3,15,17,24)/t7-,8-/m0/s1. The number of rotatable bonds is 13. The fourth-order valence-electron chi connectivity index (χ4n) is 1.74. The van der Waals surface area contributed by atoms with Gasteiger partial charge < -0.3 is 32.7 Å². The summed E-state index contributed by atoms with van der Waals surface area (Å²) in [6, 6.07) is -2.70. The van der Waals surface area contributed by atoms with Gasteiger partial charge in [0.2, 0.25) is 0 Å². The molecule has 2 atom stereocenters. The molecule has 0 rings (SSSR count). The van der Waals surface area contributed by atoms with E-state index in [4.69, 9.17) is 27.4 Å². The fourth-order valence-corrected chi connectivity index (χ4v) is 1.74. The number of urea groups is 1. The maximum Gasteiger partial charge on any atom is 0.322 e. The van der Waals surface area contributed by atoms with Crippen molar-refractivity contribution in [3.63, 3.8) is 0 Å². The second kappa shape index (κ2) is 11.9. The van der Waals surface area contributed by atoms with E-state index in [-0.39, 0.29) is 31.9 Å². The summed E-state index contributed by atoms with van der Waals surface area (Å²) in [5, 5.41) is 20.6. The molecule has 0 aliphatic rings. The van der Waals surface area contributed by atoms with Crippen molar-refractivity contribution in [1.29, 1.82) is 0 Å². The first kappa shape index (κ1) is 21.4. The molecular formula is C12H25N7O5. The van der Waals surface area contributed by atoms with E-state index in [1.54, 1.807) is 0 Å². The number of hydrazine groups is 1. The number of hydrogen-bond donors (Lipinski definition) is 8. The van der Waals surface area contributed by atoms with Crippen LogP contribution in [0.15, 0.2) is 4.99 Å². The number of carboxylic acid groups (broad SMARTS) is 2. The number of aliphatic carboxylic acids is 2. The Balaban J connectivity index is 4.29. The second-order valence-electron chi connectivity index (χ2n) is 4.95. The molecule has 0 saturated heterocycles. The molecule has 138 valence electrons. The van der Waals surface area contributed by atoms with Gasteiger partial charge in [0.05, 0.1) is 0 Å². The first-order valence-electron chi connectivity index (χ1n) is 7.29. The highest BCUT2D eigenvalue weighted by Crippen LogP contribution is 2.00. The lowest BCUT2D eigenvalue weighted by atomic mass is 10.1. The summed E-state index contributed by atoms with van der Waals surface area (Å²) in [6.07, 6.45) is 1.14. The Kier molecular flexibility index (Phi) is 10.6. The van der Waals surface area contributed by atoms with Gasteiger partial charge in [0.1, 0.15) is 12.1 Å². The summed E-state index contributed by atoms with van der Waals surface area (Å²) in [4.78, 5) is 36.5. The molecule has 0 heterocycles. The third-order valence-corrected chi connectivity index (χ3v) is 2.94. The number of carbonyl (C=O) groups excluding carboxylic acids is 1. The minimum atomic E-state index is -1.15. The molecule has 0 aliphatic carbocycles. The zero-order valence-electron chi connectivity index (χ0n) is 13.2. The van der Waals surface area contributed by atoms with Gasteiger partial charge in [0.25, 0.3) is 0 Å². The van der Waals surface area contributed by atoms with Crippen molar-refractivity contribution >= 4 is 23.9 Å². The van der Waals surface area contributed by atoms with Gasteiger partial charge >= 0.3 is 18.0 Å². The maximum absolute atomic E-state index is 11.1. The topological polar surface area (TPSA) is 218 Å². The van der Waals surface area contributed by atoms with Crippen LogP contribution in [0.25, 0.3) is 0 Å². The highest BCUT2D eigenvalue weighted by molar-refractivity contribution is 5.76. The van der Waals surface area contributed by atoms with Crippen molar-refractivity contribution < 1.29 is 24.6 Å². The van der Waals surface area contributed by atoms with Gasteiger partial charge in [0, 0.05) is 13.1 Å². The highest BCUT2D eigenvalue weighted by atomic mass is 16.4. The van der Waals surface area contributed by atoms with Crippen molar-refractivity contribution in [3.8, 4) is 0 Å². The van der Waals surface area contributed by atoms with Crippen LogP contribution < -0.4 is 33.4 Å². The molecule has 24 heavy (non-hydrogen) atoms. The van der Waals surface area contributed by atoms with Crippen LogP contribution in [0.2, 0.25) is 0 Å². The first-order chi connectivity index (χ1) is 11.2. The molecule has 11 N–H and O–H groups in total. The second-order valence-corrected chi connectivity index (χ2v) is 4.95. The molecule has 0 unspecified atom stereocenters. The average Bonchev–Trinajstić information content (AvgIpc) is 2.46. The Morgan fingerprint density at radius 3 is 1.83 bits per heavy atom. The van der Waals surface area contributed by atoms with Crippen LogP contribution in [-0.4, -0.2) is 59.3 Å². The van der Waals surface area contributed by atoms with E-state index in [1.807, 2.05) is 0 Å². The van der Waals surface area contributed by atoms with Crippen molar-refractivity contribution in [2.45, 2.75) is 37.8 Å². The van der Waals surface area contributed by atoms with E-state index in [9.17, 15) is 14.4 Å². The number of nitrogens with zero attached hydrogens (tertiary/aromatic N) is 1. The molecule has 0 saturated carbocycles. The number of nitrogens with one attached hydrogen (secondary N) is 3. The van der Waals surface area contributed by atoms with Gasteiger partial charge in [-0.3, -0.25) is 14.6 Å². The van der Waals surface area contributed by atoms with E-state index >= 15 is 0 Å². The van der Waals surface area contributed by atoms with Crippen molar-refractivity contribution in [3.05, 3.63) is 0 Å². The molecule has 0 aliphatic heterocycles. The molecule has 0 spiro atoms. The van der Waals surface area contributed by atoms with Crippen LogP contribution in [0, 0.1) is 0 Å². The molecular weight excluding hydrogens is 322 g/mol. The summed E-state index contributed by atoms with van der Waals surface area (Å²) in [5.74, 6) is -2.36. The number of nitrogens with two attached hydrogens (primary N) is 3. The molecule has 12 heteroatoms. The number of carboxylic acids is 2. The number of primary amides is 1. The predicted molar refractivity (Wildman–Crippen MR) is 85.8 cm³/mol. The van der Waals surface area contributed by atoms with Gasteiger partial charge in [-0.2, -0.15) is 0 Å². The number of amides is 2. The van der Waals surface area contributed by atoms with E-state index in [2.05, 4.69) is 21.2 Å². The number of carbonyl (C=O) groups is 3. The molecule has 0 aromatic carbocycles. The minimum Gasteiger partial charge on any atom is -0.480 e. The van der Waals surface area contributed by atoms with Crippen LogP contribution in [0.5, 0.6) is 0 Å². The molecule has 0 fully saturated rings. The Morgan fingerprint density at radius 1 is 0.917 bits per heavy atom. The largest absolute Gasteiger partial charge is 0.480 e. The molecule has 0 aromatic rings. The SMILES string of the molecule is NC(=O)NCCC[C@H](NN[C@@H](CCCN=C(N)N)C(=O)O)C(=O)O. The van der Waals surface area contributed by atoms with Crippen molar-refractivity contribution in [2.24, 2.45) is 22.2 Å². The van der Waals surface area contributed by atoms with Crippen LogP contribution in [0.3, 0.4) is 0 Å². The zero-order valence-corrected chi connectivity index (χ0v) is 13.2. The van der Waals surface area contributed by atoms with Gasteiger partial charge in [-0.15, -0.1) is 0 Å². The van der Waals surface area contributed by atoms with Gasteiger partial charge in [-0.05, 0) is 25.7 Å². The number of hydrogen-bond acceptors (Lipinski definition) is 6. The summed E-state index contributed by atoms with van der Waals surface area (Å²) < 4.78 is 0. The van der Waals surface area contributed by atoms with Crippen molar-refractivity contribution in [1.82, 2.24) is 16.2 Å². The van der Waals surface area contributed by atoms with Crippen LogP contribution in [0.4, 0.5) is 4.79 Å². The van der Waals surface area contributed by atoms with E-state index in [1.165, 1.54) is 0 Å². The molecule has 0 radical (unpaired) electrons. The third kappa shape index (κ3) is 11.0. The van der Waals surface area contributed by atoms with Crippen LogP contribution >= 0.6 is 0 Å². The lowest BCUT2D eigenvalue weighted by Crippen LogP contribution is -2.52. The summed E-state index contributed by atoms with van der Waals surface area (Å²) in [7, 11) is 0. The van der Waals surface area contributed by atoms with Gasteiger partial charge in [-0.25, -0.2) is 15.6 Å². The Hall–Kier alpha value is -2.60. The Morgan fingerprint density at radius 2 is 1.42 bits per heavy atom. The summed E-state index contributed by atoms with van der Waals surface area (Å²) in [5.41, 5.74) is 20.2. The van der Waals surface area contributed by atoms with Crippen LogP contribution in [0.1, 0.15) is 25.7 Å². The maximum atomic E-state index is 11.1. The molecule has 2 amide bonds. The Labute approximate surface area is 138 Å². The van der Waals surface area contributed by atoms with Crippen LogP contribution in [-0.2, 0) is 9.59 Å². The minimum absolute atomic E-state index is 0.0801. The van der Waals surface area contributed by atoms with E-state index in [0.29, 0.717) is 12.8 Å². The quantitative estimate of drug-likeness (QED) is 0.0761. The van der Waals surface area contributed by atoms with E-state index < -0.39 is 30.1 Å². The smallest absolute Gasteiger partial charge is 0.322 e. The van der Waals surface area contributed by atoms with E-state index in [0.717, 1.165) is 0 Å². The fraction of sp³-hybridized carbons (Fsp3) is 0.667. The Bertz CT molecular complexity index is 453. The zero-order chi connectivity index (χ0) is 18.5. The average molecular weight is 347 g/mol. The number of guanidine groups is 1. The molecule has 0 bridgehead atoms. The lowest BCUT2D eigenvalue weighted by Gasteiger charge is -2.19. The van der Waals surface area contributed by atoms with Gasteiger partial charge in [-0.1, -0.05) is 0 Å². The van der Waals surface area contributed by atoms with Crippen molar-refractivity contribution in [2.75, 3.05) is 13.1 Å². The highest BCUT2D eigenvalue weighted by Gasteiger charge is 2.21. The monoisotopic (exact) mass is 347 g/mol.